The molecule has 0 aromatic heterocycles. The first-order valence-electron chi connectivity index (χ1n) is 5.69. The zero-order valence-electron chi connectivity index (χ0n) is 10.1. The highest BCUT2D eigenvalue weighted by atomic mass is 127. The quantitative estimate of drug-likeness (QED) is 0.778. The van der Waals surface area contributed by atoms with Gasteiger partial charge in [-0.05, 0) is 52.6 Å². The van der Waals surface area contributed by atoms with Crippen LogP contribution in [-0.4, -0.2) is 17.1 Å². The predicted molar refractivity (Wildman–Crippen MR) is 76.9 cm³/mol. The van der Waals surface area contributed by atoms with Gasteiger partial charge in [-0.1, -0.05) is 26.0 Å². The SMILES string of the molecule is CC(C)CC(NCc1cccc(I)c1)C(=O)O. The molecule has 4 heteroatoms. The second kappa shape index (κ2) is 6.96. The van der Waals surface area contributed by atoms with E-state index in [0.717, 1.165) is 9.13 Å². The van der Waals surface area contributed by atoms with Crippen LogP contribution in [0.1, 0.15) is 25.8 Å². The standard InChI is InChI=1S/C13H18INO2/c1-9(2)6-12(13(16)17)15-8-10-4-3-5-11(14)7-10/h3-5,7,9,12,15H,6,8H2,1-2H3,(H,16,17). The van der Waals surface area contributed by atoms with Crippen molar-refractivity contribution >= 4 is 28.6 Å². The predicted octanol–water partition coefficient (Wildman–Crippen LogP) is 2.88. The van der Waals surface area contributed by atoms with Gasteiger partial charge in [0.25, 0.3) is 0 Å². The lowest BCUT2D eigenvalue weighted by Crippen LogP contribution is -2.37. The van der Waals surface area contributed by atoms with Crippen molar-refractivity contribution in [3.8, 4) is 0 Å². The number of nitrogens with one attached hydrogen (secondary N) is 1. The van der Waals surface area contributed by atoms with Gasteiger partial charge < -0.3 is 10.4 Å². The topological polar surface area (TPSA) is 49.3 Å². The van der Waals surface area contributed by atoms with E-state index in [1.54, 1.807) is 0 Å². The summed E-state index contributed by atoms with van der Waals surface area (Å²) in [5.74, 6) is -0.399. The Morgan fingerprint density at radius 3 is 2.71 bits per heavy atom. The molecule has 0 radical (unpaired) electrons. The number of hydrogen-bond donors (Lipinski definition) is 2. The van der Waals surface area contributed by atoms with E-state index < -0.39 is 12.0 Å². The maximum atomic E-state index is 11.1. The van der Waals surface area contributed by atoms with Crippen molar-refractivity contribution in [2.45, 2.75) is 32.9 Å². The number of rotatable bonds is 6. The van der Waals surface area contributed by atoms with Crippen LogP contribution in [0.4, 0.5) is 0 Å². The fraction of sp³-hybridized carbons (Fsp3) is 0.462. The van der Waals surface area contributed by atoms with Crippen molar-refractivity contribution in [3.05, 3.63) is 33.4 Å². The molecular weight excluding hydrogens is 329 g/mol. The molecule has 0 saturated carbocycles. The minimum absolute atomic E-state index is 0.375. The summed E-state index contributed by atoms with van der Waals surface area (Å²) in [6.07, 6.45) is 0.652. The summed E-state index contributed by atoms with van der Waals surface area (Å²) >= 11 is 2.25. The van der Waals surface area contributed by atoms with Crippen LogP contribution in [0.5, 0.6) is 0 Å². The van der Waals surface area contributed by atoms with Gasteiger partial charge in [-0.2, -0.15) is 0 Å². The minimum atomic E-state index is -0.774. The molecule has 0 saturated heterocycles. The summed E-state index contributed by atoms with van der Waals surface area (Å²) in [7, 11) is 0. The average Bonchev–Trinajstić information content (AvgIpc) is 2.23. The van der Waals surface area contributed by atoms with Crippen molar-refractivity contribution < 1.29 is 9.90 Å². The largest absolute Gasteiger partial charge is 0.480 e. The molecule has 0 heterocycles. The van der Waals surface area contributed by atoms with E-state index in [0.29, 0.717) is 18.9 Å². The van der Waals surface area contributed by atoms with E-state index in [1.807, 2.05) is 32.0 Å². The molecule has 0 aliphatic heterocycles. The molecule has 1 aromatic rings. The zero-order valence-corrected chi connectivity index (χ0v) is 12.3. The molecule has 0 amide bonds. The van der Waals surface area contributed by atoms with Crippen LogP contribution >= 0.6 is 22.6 Å². The third kappa shape index (κ3) is 5.50. The number of benzene rings is 1. The Morgan fingerprint density at radius 1 is 1.47 bits per heavy atom. The number of hydrogen-bond acceptors (Lipinski definition) is 2. The molecule has 0 spiro atoms. The summed E-state index contributed by atoms with van der Waals surface area (Å²) < 4.78 is 1.16. The normalized spacial score (nSPS) is 12.7. The summed E-state index contributed by atoms with van der Waals surface area (Å²) in [6.45, 7) is 4.66. The second-order valence-electron chi connectivity index (χ2n) is 4.53. The van der Waals surface area contributed by atoms with Crippen molar-refractivity contribution in [2.75, 3.05) is 0 Å². The Bertz CT molecular complexity index is 379. The number of carboxylic acid groups (broad SMARTS) is 1. The highest BCUT2D eigenvalue weighted by Crippen LogP contribution is 2.09. The Labute approximate surface area is 116 Å². The maximum Gasteiger partial charge on any atom is 0.320 e. The van der Waals surface area contributed by atoms with E-state index >= 15 is 0 Å². The first kappa shape index (κ1) is 14.4. The van der Waals surface area contributed by atoms with Crippen LogP contribution in [0.25, 0.3) is 0 Å². The Hall–Kier alpha value is -0.620. The van der Waals surface area contributed by atoms with Gasteiger partial charge in [0.15, 0.2) is 0 Å². The van der Waals surface area contributed by atoms with E-state index in [2.05, 4.69) is 34.0 Å². The van der Waals surface area contributed by atoms with Gasteiger partial charge in [0, 0.05) is 10.1 Å². The second-order valence-corrected chi connectivity index (χ2v) is 5.78. The molecule has 3 nitrogen and oxygen atoms in total. The molecule has 94 valence electrons. The van der Waals surface area contributed by atoms with Crippen LogP contribution in [0.3, 0.4) is 0 Å². The van der Waals surface area contributed by atoms with E-state index in [-0.39, 0.29) is 0 Å². The Morgan fingerprint density at radius 2 is 2.18 bits per heavy atom. The summed E-state index contributed by atoms with van der Waals surface area (Å²) in [6, 6.07) is 7.60. The third-order valence-electron chi connectivity index (χ3n) is 2.45. The molecule has 17 heavy (non-hydrogen) atoms. The number of carboxylic acids is 1. The zero-order chi connectivity index (χ0) is 12.8. The molecule has 1 atom stereocenters. The lowest BCUT2D eigenvalue weighted by Gasteiger charge is -2.16. The average molecular weight is 347 g/mol. The molecule has 0 fully saturated rings. The van der Waals surface area contributed by atoms with Gasteiger partial charge in [-0.25, -0.2) is 0 Å². The van der Waals surface area contributed by atoms with E-state index in [1.165, 1.54) is 0 Å². The first-order chi connectivity index (χ1) is 7.99. The molecule has 0 aliphatic carbocycles. The van der Waals surface area contributed by atoms with Crippen molar-refractivity contribution in [1.29, 1.82) is 0 Å². The fourth-order valence-corrected chi connectivity index (χ4v) is 2.24. The minimum Gasteiger partial charge on any atom is -0.480 e. The summed E-state index contributed by atoms with van der Waals surface area (Å²) in [5, 5.41) is 12.2. The molecular formula is C13H18INO2. The van der Waals surface area contributed by atoms with E-state index in [9.17, 15) is 4.79 Å². The molecule has 0 bridgehead atoms. The summed E-state index contributed by atoms with van der Waals surface area (Å²) in [4.78, 5) is 11.1. The molecule has 1 rings (SSSR count). The molecule has 0 aliphatic rings. The highest BCUT2D eigenvalue weighted by Gasteiger charge is 2.17. The maximum absolute atomic E-state index is 11.1. The Kier molecular flexibility index (Phi) is 5.91. The molecule has 1 unspecified atom stereocenters. The van der Waals surface area contributed by atoms with Crippen LogP contribution in [0.15, 0.2) is 24.3 Å². The van der Waals surface area contributed by atoms with Crippen molar-refractivity contribution in [3.63, 3.8) is 0 Å². The van der Waals surface area contributed by atoms with Crippen LogP contribution < -0.4 is 5.32 Å². The summed E-state index contributed by atoms with van der Waals surface area (Å²) in [5.41, 5.74) is 1.12. The van der Waals surface area contributed by atoms with Gasteiger partial charge in [-0.15, -0.1) is 0 Å². The highest BCUT2D eigenvalue weighted by molar-refractivity contribution is 14.1. The van der Waals surface area contributed by atoms with Gasteiger partial charge >= 0.3 is 5.97 Å². The van der Waals surface area contributed by atoms with Gasteiger partial charge in [0.05, 0.1) is 0 Å². The molecule has 2 N–H and O–H groups in total. The van der Waals surface area contributed by atoms with Crippen molar-refractivity contribution in [1.82, 2.24) is 5.32 Å². The number of halogens is 1. The Balaban J connectivity index is 2.54. The smallest absolute Gasteiger partial charge is 0.320 e. The number of carbonyl (C=O) groups is 1. The first-order valence-corrected chi connectivity index (χ1v) is 6.77. The van der Waals surface area contributed by atoms with Gasteiger partial charge in [0.2, 0.25) is 0 Å². The monoisotopic (exact) mass is 347 g/mol. The lowest BCUT2D eigenvalue weighted by atomic mass is 10.0. The fourth-order valence-electron chi connectivity index (χ4n) is 1.63. The van der Waals surface area contributed by atoms with Crippen LogP contribution in [-0.2, 0) is 11.3 Å². The van der Waals surface area contributed by atoms with Crippen LogP contribution in [0.2, 0.25) is 0 Å². The molecule has 1 aromatic carbocycles. The number of aliphatic carboxylic acids is 1. The van der Waals surface area contributed by atoms with Crippen LogP contribution in [0, 0.1) is 9.49 Å². The van der Waals surface area contributed by atoms with Gasteiger partial charge in [-0.3, -0.25) is 4.79 Å². The lowest BCUT2D eigenvalue weighted by molar-refractivity contribution is -0.140. The van der Waals surface area contributed by atoms with Crippen molar-refractivity contribution in [2.24, 2.45) is 5.92 Å². The van der Waals surface area contributed by atoms with E-state index in [4.69, 9.17) is 5.11 Å². The third-order valence-corrected chi connectivity index (χ3v) is 3.12. The van der Waals surface area contributed by atoms with Gasteiger partial charge in [0.1, 0.15) is 6.04 Å².